The molecule has 2 atom stereocenters. The molecular weight excluding hydrogens is 281 g/mol. The van der Waals surface area contributed by atoms with Crippen LogP contribution in [0.15, 0.2) is 22.7 Å². The highest BCUT2D eigenvalue weighted by molar-refractivity contribution is 9.10. The lowest BCUT2D eigenvalue weighted by molar-refractivity contribution is 0.429. The van der Waals surface area contributed by atoms with E-state index in [0.29, 0.717) is 16.4 Å². The summed E-state index contributed by atoms with van der Waals surface area (Å²) in [6.07, 6.45) is 2.30. The SMILES string of the molecule is CCCC(NCC)C(C)c1ccc(F)c(Br)c1. The van der Waals surface area contributed by atoms with Crippen molar-refractivity contribution in [3.63, 3.8) is 0 Å². The van der Waals surface area contributed by atoms with E-state index >= 15 is 0 Å². The Labute approximate surface area is 112 Å². The molecular formula is C14H21BrFN. The van der Waals surface area contributed by atoms with Gasteiger partial charge in [-0.25, -0.2) is 4.39 Å². The molecule has 1 nitrogen and oxygen atoms in total. The third-order valence-electron chi connectivity index (χ3n) is 3.14. The number of nitrogens with one attached hydrogen (secondary N) is 1. The van der Waals surface area contributed by atoms with Crippen molar-refractivity contribution in [2.24, 2.45) is 0 Å². The van der Waals surface area contributed by atoms with E-state index in [-0.39, 0.29) is 5.82 Å². The third-order valence-corrected chi connectivity index (χ3v) is 3.75. The molecule has 17 heavy (non-hydrogen) atoms. The topological polar surface area (TPSA) is 12.0 Å². The second-order valence-electron chi connectivity index (χ2n) is 4.42. The molecule has 0 saturated carbocycles. The molecule has 1 aromatic rings. The van der Waals surface area contributed by atoms with Crippen LogP contribution in [0, 0.1) is 5.82 Å². The van der Waals surface area contributed by atoms with Gasteiger partial charge < -0.3 is 5.32 Å². The van der Waals surface area contributed by atoms with E-state index in [1.807, 2.05) is 12.1 Å². The summed E-state index contributed by atoms with van der Waals surface area (Å²) in [6.45, 7) is 7.48. The molecule has 0 saturated heterocycles. The van der Waals surface area contributed by atoms with Crippen LogP contribution in [-0.4, -0.2) is 12.6 Å². The van der Waals surface area contributed by atoms with E-state index in [0.717, 1.165) is 19.4 Å². The molecule has 0 aliphatic heterocycles. The van der Waals surface area contributed by atoms with Gasteiger partial charge in [0.15, 0.2) is 0 Å². The lowest BCUT2D eigenvalue weighted by Gasteiger charge is -2.25. The second-order valence-corrected chi connectivity index (χ2v) is 5.27. The van der Waals surface area contributed by atoms with Crippen LogP contribution >= 0.6 is 15.9 Å². The highest BCUT2D eigenvalue weighted by Gasteiger charge is 2.17. The van der Waals surface area contributed by atoms with Crippen molar-refractivity contribution in [3.05, 3.63) is 34.1 Å². The first-order valence-corrected chi connectivity index (χ1v) is 7.07. The minimum absolute atomic E-state index is 0.198. The van der Waals surface area contributed by atoms with Crippen molar-refractivity contribution in [3.8, 4) is 0 Å². The number of benzene rings is 1. The summed E-state index contributed by atoms with van der Waals surface area (Å²) in [5.74, 6) is 0.197. The lowest BCUT2D eigenvalue weighted by atomic mass is 9.90. The maximum absolute atomic E-state index is 13.2. The van der Waals surface area contributed by atoms with Crippen molar-refractivity contribution in [1.82, 2.24) is 5.32 Å². The molecule has 96 valence electrons. The van der Waals surface area contributed by atoms with Crippen LogP contribution in [0.4, 0.5) is 4.39 Å². The molecule has 1 N–H and O–H groups in total. The van der Waals surface area contributed by atoms with Crippen molar-refractivity contribution in [2.75, 3.05) is 6.54 Å². The van der Waals surface area contributed by atoms with Crippen LogP contribution in [0.1, 0.15) is 45.1 Å². The Hall–Kier alpha value is -0.410. The monoisotopic (exact) mass is 301 g/mol. The molecule has 1 aromatic carbocycles. The molecule has 0 fully saturated rings. The van der Waals surface area contributed by atoms with Crippen LogP contribution in [0.3, 0.4) is 0 Å². The zero-order chi connectivity index (χ0) is 12.8. The molecule has 0 aromatic heterocycles. The predicted octanol–water partition coefficient (Wildman–Crippen LogP) is 4.47. The molecule has 3 heteroatoms. The highest BCUT2D eigenvalue weighted by Crippen LogP contribution is 2.26. The average Bonchev–Trinajstić information content (AvgIpc) is 2.31. The fourth-order valence-corrected chi connectivity index (χ4v) is 2.53. The van der Waals surface area contributed by atoms with Gasteiger partial charge in [0.25, 0.3) is 0 Å². The minimum Gasteiger partial charge on any atom is -0.314 e. The highest BCUT2D eigenvalue weighted by atomic mass is 79.9. The summed E-state index contributed by atoms with van der Waals surface area (Å²) in [6, 6.07) is 5.76. The Kier molecular flexibility index (Phi) is 6.14. The molecule has 0 amide bonds. The van der Waals surface area contributed by atoms with Crippen LogP contribution in [0.2, 0.25) is 0 Å². The van der Waals surface area contributed by atoms with Crippen LogP contribution in [0.25, 0.3) is 0 Å². The van der Waals surface area contributed by atoms with Gasteiger partial charge in [0.05, 0.1) is 4.47 Å². The van der Waals surface area contributed by atoms with Gasteiger partial charge in [-0.1, -0.05) is 33.3 Å². The largest absolute Gasteiger partial charge is 0.314 e. The number of hydrogen-bond acceptors (Lipinski definition) is 1. The number of likely N-dealkylation sites (N-methyl/N-ethyl adjacent to an activating group) is 1. The summed E-state index contributed by atoms with van der Waals surface area (Å²) < 4.78 is 13.7. The molecule has 2 unspecified atom stereocenters. The number of halogens is 2. The maximum atomic E-state index is 13.2. The van der Waals surface area contributed by atoms with Gasteiger partial charge in [0, 0.05) is 6.04 Å². The van der Waals surface area contributed by atoms with Crippen LogP contribution in [-0.2, 0) is 0 Å². The Morgan fingerprint density at radius 3 is 2.59 bits per heavy atom. The molecule has 0 aliphatic carbocycles. The third kappa shape index (κ3) is 4.07. The van der Waals surface area contributed by atoms with Gasteiger partial charge in [-0.15, -0.1) is 0 Å². The zero-order valence-electron chi connectivity index (χ0n) is 10.8. The molecule has 0 bridgehead atoms. The summed E-state index contributed by atoms with van der Waals surface area (Å²) in [7, 11) is 0. The maximum Gasteiger partial charge on any atom is 0.137 e. The summed E-state index contributed by atoms with van der Waals surface area (Å²) in [4.78, 5) is 0. The first kappa shape index (κ1) is 14.7. The van der Waals surface area contributed by atoms with Crippen molar-refractivity contribution in [1.29, 1.82) is 0 Å². The smallest absolute Gasteiger partial charge is 0.137 e. The number of rotatable bonds is 6. The summed E-state index contributed by atoms with van der Waals surface area (Å²) >= 11 is 3.25. The second kappa shape index (κ2) is 7.12. The fourth-order valence-electron chi connectivity index (χ4n) is 2.13. The molecule has 0 radical (unpaired) electrons. The minimum atomic E-state index is -0.198. The van der Waals surface area contributed by atoms with Gasteiger partial charge in [-0.05, 0) is 52.5 Å². The van der Waals surface area contributed by atoms with Crippen molar-refractivity contribution >= 4 is 15.9 Å². The van der Waals surface area contributed by atoms with E-state index in [9.17, 15) is 4.39 Å². The molecule has 0 heterocycles. The normalized spacial score (nSPS) is 14.6. The fraction of sp³-hybridized carbons (Fsp3) is 0.571. The number of hydrogen-bond donors (Lipinski definition) is 1. The Balaban J connectivity index is 2.84. The lowest BCUT2D eigenvalue weighted by Crippen LogP contribution is -2.33. The standard InChI is InChI=1S/C14H21BrFN/c1-4-6-14(17-5-2)10(3)11-7-8-13(16)12(15)9-11/h7-10,14,17H,4-6H2,1-3H3. The first-order valence-electron chi connectivity index (χ1n) is 6.28. The summed E-state index contributed by atoms with van der Waals surface area (Å²) in [5.41, 5.74) is 1.18. The van der Waals surface area contributed by atoms with Gasteiger partial charge >= 0.3 is 0 Å². The van der Waals surface area contributed by atoms with Gasteiger partial charge in [-0.3, -0.25) is 0 Å². The van der Waals surface area contributed by atoms with Crippen LogP contribution < -0.4 is 5.32 Å². The quantitative estimate of drug-likeness (QED) is 0.817. The Morgan fingerprint density at radius 1 is 1.35 bits per heavy atom. The van der Waals surface area contributed by atoms with Gasteiger partial charge in [0.1, 0.15) is 5.82 Å². The van der Waals surface area contributed by atoms with Crippen LogP contribution in [0.5, 0.6) is 0 Å². The van der Waals surface area contributed by atoms with Gasteiger partial charge in [0.2, 0.25) is 0 Å². The van der Waals surface area contributed by atoms with Crippen molar-refractivity contribution < 1.29 is 4.39 Å². The van der Waals surface area contributed by atoms with Gasteiger partial charge in [-0.2, -0.15) is 0 Å². The molecule has 1 rings (SSSR count). The van der Waals surface area contributed by atoms with E-state index in [2.05, 4.69) is 42.0 Å². The molecule has 0 aliphatic rings. The first-order chi connectivity index (χ1) is 8.10. The average molecular weight is 302 g/mol. The molecule has 0 spiro atoms. The summed E-state index contributed by atoms with van der Waals surface area (Å²) in [5, 5.41) is 3.51. The van der Waals surface area contributed by atoms with E-state index in [4.69, 9.17) is 0 Å². The van der Waals surface area contributed by atoms with E-state index in [1.54, 1.807) is 0 Å². The van der Waals surface area contributed by atoms with E-state index < -0.39 is 0 Å². The van der Waals surface area contributed by atoms with E-state index in [1.165, 1.54) is 11.6 Å². The zero-order valence-corrected chi connectivity index (χ0v) is 12.3. The van der Waals surface area contributed by atoms with Crippen molar-refractivity contribution in [2.45, 2.75) is 45.6 Å². The Morgan fingerprint density at radius 2 is 2.06 bits per heavy atom. The Bertz CT molecular complexity index is 348. The predicted molar refractivity (Wildman–Crippen MR) is 74.9 cm³/mol.